The van der Waals surface area contributed by atoms with E-state index < -0.39 is 0 Å². The fraction of sp³-hybridized carbons (Fsp3) is 0.188. The van der Waals surface area contributed by atoms with Gasteiger partial charge in [-0.15, -0.1) is 0 Å². The van der Waals surface area contributed by atoms with Crippen molar-refractivity contribution in [2.75, 3.05) is 0 Å². The molecular weight excluding hydrogens is 258 g/mol. The van der Waals surface area contributed by atoms with E-state index in [0.717, 1.165) is 5.56 Å². The van der Waals surface area contributed by atoms with Gasteiger partial charge in [-0.05, 0) is 48.4 Å². The molecule has 0 saturated carbocycles. The molecule has 1 N–H and O–H groups in total. The smallest absolute Gasteiger partial charge is 0.123 e. The Balaban J connectivity index is 2.07. The topological polar surface area (TPSA) is 35.8 Å². The summed E-state index contributed by atoms with van der Waals surface area (Å²) in [5.74, 6) is -0.645. The van der Waals surface area contributed by atoms with Crippen LogP contribution in [-0.4, -0.2) is 0 Å². The SMILES string of the molecule is CC(NCc1cc(F)ccc1C#N)c1ccc(F)cc1. The third-order valence-electron chi connectivity index (χ3n) is 3.16. The molecule has 0 aliphatic carbocycles. The number of benzene rings is 2. The summed E-state index contributed by atoms with van der Waals surface area (Å²) >= 11 is 0. The number of hydrogen-bond acceptors (Lipinski definition) is 2. The third-order valence-corrected chi connectivity index (χ3v) is 3.16. The molecule has 2 rings (SSSR count). The zero-order chi connectivity index (χ0) is 14.5. The highest BCUT2D eigenvalue weighted by Crippen LogP contribution is 2.15. The van der Waals surface area contributed by atoms with Crippen molar-refractivity contribution in [2.45, 2.75) is 19.5 Å². The van der Waals surface area contributed by atoms with Crippen LogP contribution in [0.1, 0.15) is 29.7 Å². The van der Waals surface area contributed by atoms with Gasteiger partial charge in [-0.25, -0.2) is 8.78 Å². The van der Waals surface area contributed by atoms with Crippen molar-refractivity contribution in [2.24, 2.45) is 0 Å². The van der Waals surface area contributed by atoms with Crippen molar-refractivity contribution in [3.63, 3.8) is 0 Å². The van der Waals surface area contributed by atoms with Crippen LogP contribution < -0.4 is 5.32 Å². The lowest BCUT2D eigenvalue weighted by Crippen LogP contribution is -2.18. The molecule has 2 nitrogen and oxygen atoms in total. The van der Waals surface area contributed by atoms with Crippen molar-refractivity contribution < 1.29 is 8.78 Å². The van der Waals surface area contributed by atoms with E-state index >= 15 is 0 Å². The van der Waals surface area contributed by atoms with Crippen LogP contribution in [0.2, 0.25) is 0 Å². The van der Waals surface area contributed by atoms with Crippen LogP contribution in [0.3, 0.4) is 0 Å². The Morgan fingerprint density at radius 1 is 1.10 bits per heavy atom. The molecule has 1 atom stereocenters. The van der Waals surface area contributed by atoms with Crippen molar-refractivity contribution in [1.29, 1.82) is 5.26 Å². The van der Waals surface area contributed by atoms with Gasteiger partial charge in [-0.2, -0.15) is 5.26 Å². The van der Waals surface area contributed by atoms with Gasteiger partial charge >= 0.3 is 0 Å². The number of hydrogen-bond donors (Lipinski definition) is 1. The standard InChI is InChI=1S/C16H14F2N2/c1-11(12-2-5-15(17)6-3-12)20-10-14-8-16(18)7-4-13(14)9-19/h2-8,11,20H,10H2,1H3. The van der Waals surface area contributed by atoms with Gasteiger partial charge in [0.1, 0.15) is 11.6 Å². The van der Waals surface area contributed by atoms with Crippen molar-refractivity contribution >= 4 is 0 Å². The second-order valence-corrected chi connectivity index (χ2v) is 4.57. The fourth-order valence-electron chi connectivity index (χ4n) is 1.95. The Morgan fingerprint density at radius 3 is 2.40 bits per heavy atom. The maximum absolute atomic E-state index is 13.2. The Labute approximate surface area is 116 Å². The van der Waals surface area contributed by atoms with Gasteiger partial charge in [0.05, 0.1) is 11.6 Å². The zero-order valence-electron chi connectivity index (χ0n) is 11.0. The minimum atomic E-state index is -0.366. The number of nitrogens with one attached hydrogen (secondary N) is 1. The first-order chi connectivity index (χ1) is 9.60. The van der Waals surface area contributed by atoms with Crippen LogP contribution in [0.5, 0.6) is 0 Å². The Morgan fingerprint density at radius 2 is 1.75 bits per heavy atom. The largest absolute Gasteiger partial charge is 0.306 e. The molecule has 102 valence electrons. The van der Waals surface area contributed by atoms with E-state index in [2.05, 4.69) is 5.32 Å². The monoisotopic (exact) mass is 272 g/mol. The van der Waals surface area contributed by atoms with E-state index in [1.165, 1.54) is 30.3 Å². The number of rotatable bonds is 4. The maximum atomic E-state index is 13.2. The molecule has 0 aliphatic heterocycles. The molecule has 0 amide bonds. The highest BCUT2D eigenvalue weighted by molar-refractivity contribution is 5.37. The van der Waals surface area contributed by atoms with Crippen LogP contribution in [0.15, 0.2) is 42.5 Å². The normalized spacial score (nSPS) is 11.9. The summed E-state index contributed by atoms with van der Waals surface area (Å²) in [4.78, 5) is 0. The summed E-state index contributed by atoms with van der Waals surface area (Å²) in [7, 11) is 0. The summed E-state index contributed by atoms with van der Waals surface area (Å²) in [5.41, 5.74) is 1.99. The third kappa shape index (κ3) is 3.40. The lowest BCUT2D eigenvalue weighted by molar-refractivity contribution is 0.565. The number of halogens is 2. The maximum Gasteiger partial charge on any atom is 0.123 e. The first-order valence-electron chi connectivity index (χ1n) is 6.27. The van der Waals surface area contributed by atoms with E-state index in [-0.39, 0.29) is 17.7 Å². The zero-order valence-corrected chi connectivity index (χ0v) is 11.0. The molecule has 0 aromatic heterocycles. The molecule has 2 aromatic rings. The molecule has 0 aliphatic rings. The van der Waals surface area contributed by atoms with Crippen LogP contribution in [0.25, 0.3) is 0 Å². The fourth-order valence-corrected chi connectivity index (χ4v) is 1.95. The molecule has 0 bridgehead atoms. The van der Waals surface area contributed by atoms with Gasteiger partial charge in [0, 0.05) is 12.6 Å². The van der Waals surface area contributed by atoms with Crippen LogP contribution >= 0.6 is 0 Å². The quantitative estimate of drug-likeness (QED) is 0.921. The second kappa shape index (κ2) is 6.27. The predicted molar refractivity (Wildman–Crippen MR) is 72.8 cm³/mol. The van der Waals surface area contributed by atoms with E-state index in [9.17, 15) is 8.78 Å². The minimum Gasteiger partial charge on any atom is -0.306 e. The second-order valence-electron chi connectivity index (χ2n) is 4.57. The van der Waals surface area contributed by atoms with E-state index in [4.69, 9.17) is 5.26 Å². The van der Waals surface area contributed by atoms with Crippen molar-refractivity contribution in [1.82, 2.24) is 5.32 Å². The molecule has 0 spiro atoms. The molecule has 20 heavy (non-hydrogen) atoms. The van der Waals surface area contributed by atoms with Crippen molar-refractivity contribution in [3.8, 4) is 6.07 Å². The molecule has 0 saturated heterocycles. The summed E-state index contributed by atoms with van der Waals surface area (Å²) in [5, 5.41) is 12.2. The summed E-state index contributed by atoms with van der Waals surface area (Å²) < 4.78 is 26.0. The number of nitrogens with zero attached hydrogens (tertiary/aromatic N) is 1. The number of nitriles is 1. The molecule has 4 heteroatoms. The highest BCUT2D eigenvalue weighted by Gasteiger charge is 2.08. The van der Waals surface area contributed by atoms with Crippen LogP contribution in [0, 0.1) is 23.0 Å². The minimum absolute atomic E-state index is 0.0228. The Hall–Kier alpha value is -2.25. The summed E-state index contributed by atoms with van der Waals surface area (Å²) in [6, 6.07) is 12.3. The first kappa shape index (κ1) is 14.2. The van der Waals surface area contributed by atoms with E-state index in [1.807, 2.05) is 13.0 Å². The van der Waals surface area contributed by atoms with Gasteiger partial charge in [0.25, 0.3) is 0 Å². The van der Waals surface area contributed by atoms with Gasteiger partial charge < -0.3 is 5.32 Å². The molecular formula is C16H14F2N2. The van der Waals surface area contributed by atoms with Crippen LogP contribution in [-0.2, 0) is 6.54 Å². The van der Waals surface area contributed by atoms with Gasteiger partial charge in [-0.1, -0.05) is 12.1 Å². The van der Waals surface area contributed by atoms with Gasteiger partial charge in [-0.3, -0.25) is 0 Å². The predicted octanol–water partition coefficient (Wildman–Crippen LogP) is 3.69. The first-order valence-corrected chi connectivity index (χ1v) is 6.27. The van der Waals surface area contributed by atoms with E-state index in [1.54, 1.807) is 12.1 Å². The van der Waals surface area contributed by atoms with Gasteiger partial charge in [0.15, 0.2) is 0 Å². The molecule has 0 radical (unpaired) electrons. The van der Waals surface area contributed by atoms with Crippen molar-refractivity contribution in [3.05, 3.63) is 70.8 Å². The van der Waals surface area contributed by atoms with Crippen LogP contribution in [0.4, 0.5) is 8.78 Å². The average Bonchev–Trinajstić information content (AvgIpc) is 2.45. The highest BCUT2D eigenvalue weighted by atomic mass is 19.1. The molecule has 0 heterocycles. The van der Waals surface area contributed by atoms with Gasteiger partial charge in [0.2, 0.25) is 0 Å². The lowest BCUT2D eigenvalue weighted by Gasteiger charge is -2.15. The molecule has 2 aromatic carbocycles. The average molecular weight is 272 g/mol. The molecule has 1 unspecified atom stereocenters. The Kier molecular flexibility index (Phi) is 4.44. The lowest BCUT2D eigenvalue weighted by atomic mass is 10.1. The molecule has 0 fully saturated rings. The summed E-state index contributed by atoms with van der Waals surface area (Å²) in [6.45, 7) is 2.30. The van der Waals surface area contributed by atoms with E-state index in [0.29, 0.717) is 17.7 Å². The Bertz CT molecular complexity index is 630. The summed E-state index contributed by atoms with van der Waals surface area (Å²) in [6.07, 6.45) is 0.